The van der Waals surface area contributed by atoms with Crippen molar-refractivity contribution in [3.8, 4) is 0 Å². The van der Waals surface area contributed by atoms with Crippen molar-refractivity contribution >= 4 is 27.5 Å². The molecule has 0 spiro atoms. The van der Waals surface area contributed by atoms with E-state index in [1.165, 1.54) is 27.6 Å². The molecule has 0 amide bonds. The third-order valence-electron chi connectivity index (χ3n) is 7.39. The molecule has 6 heteroatoms. The zero-order chi connectivity index (χ0) is 24.8. The number of fused-ring (bicyclic) bond motifs is 3. The molecule has 6 aromatic rings. The normalized spacial score (nSPS) is 13.8. The van der Waals surface area contributed by atoms with Crippen LogP contribution in [-0.4, -0.2) is 29.4 Å². The summed E-state index contributed by atoms with van der Waals surface area (Å²) in [5.74, 6) is 2.19. The molecule has 0 radical (unpaired) electrons. The summed E-state index contributed by atoms with van der Waals surface area (Å²) in [4.78, 5) is 8.43. The Morgan fingerprint density at radius 2 is 1.67 bits per heavy atom. The number of nitrogens with zero attached hydrogens (tertiary/aromatic N) is 5. The predicted octanol–water partition coefficient (Wildman–Crippen LogP) is 6.83. The molecule has 0 bridgehead atoms. The van der Waals surface area contributed by atoms with E-state index >= 15 is 0 Å². The van der Waals surface area contributed by atoms with Gasteiger partial charge in [0.1, 0.15) is 5.82 Å². The zero-order valence-electron chi connectivity index (χ0n) is 21.3. The minimum atomic E-state index is 0.314. The van der Waals surface area contributed by atoms with E-state index in [-0.39, 0.29) is 0 Å². The van der Waals surface area contributed by atoms with E-state index in [0.29, 0.717) is 17.8 Å². The van der Waals surface area contributed by atoms with Gasteiger partial charge in [0.05, 0.1) is 28.3 Å². The number of pyridine rings is 1. The van der Waals surface area contributed by atoms with Crippen molar-refractivity contribution in [2.75, 3.05) is 0 Å². The van der Waals surface area contributed by atoms with Crippen LogP contribution in [0.3, 0.4) is 0 Å². The minimum Gasteiger partial charge on any atom is -0.342 e. The molecule has 4 aromatic heterocycles. The van der Waals surface area contributed by atoms with Crippen LogP contribution >= 0.6 is 0 Å². The van der Waals surface area contributed by atoms with Crippen molar-refractivity contribution in [2.24, 2.45) is 0 Å². The number of H-pyrrole nitrogens is 1. The molecule has 0 aliphatic rings. The van der Waals surface area contributed by atoms with Crippen molar-refractivity contribution in [2.45, 2.75) is 58.4 Å². The summed E-state index contributed by atoms with van der Waals surface area (Å²) in [6.45, 7) is 9.77. The van der Waals surface area contributed by atoms with Gasteiger partial charge in [0.2, 0.25) is 0 Å². The molecule has 0 fully saturated rings. The largest absolute Gasteiger partial charge is 0.342 e. The maximum absolute atomic E-state index is 4.90. The Hall–Kier alpha value is -3.93. The molecule has 2 aromatic carbocycles. The van der Waals surface area contributed by atoms with Crippen molar-refractivity contribution in [3.63, 3.8) is 0 Å². The summed E-state index contributed by atoms with van der Waals surface area (Å²) in [6, 6.07) is 19.6. The van der Waals surface area contributed by atoms with E-state index in [0.717, 1.165) is 35.3 Å². The van der Waals surface area contributed by atoms with Gasteiger partial charge in [-0.2, -0.15) is 10.2 Å². The van der Waals surface area contributed by atoms with Crippen LogP contribution in [-0.2, 0) is 13.0 Å². The summed E-state index contributed by atoms with van der Waals surface area (Å²) in [5, 5.41) is 10.3. The highest BCUT2D eigenvalue weighted by Crippen LogP contribution is 2.27. The van der Waals surface area contributed by atoms with E-state index < -0.39 is 0 Å². The minimum absolute atomic E-state index is 0.314. The fourth-order valence-electron chi connectivity index (χ4n) is 5.07. The lowest BCUT2D eigenvalue weighted by molar-refractivity contribution is 0.556. The number of aromatic nitrogens is 6. The van der Waals surface area contributed by atoms with Crippen molar-refractivity contribution in [1.29, 1.82) is 0 Å². The second-order valence-corrected chi connectivity index (χ2v) is 10.4. The van der Waals surface area contributed by atoms with Gasteiger partial charge < -0.3 is 4.98 Å². The van der Waals surface area contributed by atoms with E-state index in [1.807, 2.05) is 23.0 Å². The number of benzene rings is 2. The summed E-state index contributed by atoms with van der Waals surface area (Å²) < 4.78 is 4.08. The first-order valence-corrected chi connectivity index (χ1v) is 12.8. The van der Waals surface area contributed by atoms with Gasteiger partial charge in [-0.1, -0.05) is 52.0 Å². The van der Waals surface area contributed by atoms with E-state index in [2.05, 4.69) is 97.2 Å². The average molecular weight is 477 g/mol. The average Bonchev–Trinajstić information content (AvgIpc) is 3.60. The molecule has 2 atom stereocenters. The van der Waals surface area contributed by atoms with Crippen LogP contribution in [0.15, 0.2) is 73.2 Å². The molecule has 36 heavy (non-hydrogen) atoms. The molecular formula is C30H32N6. The summed E-state index contributed by atoms with van der Waals surface area (Å²) in [6.07, 6.45) is 6.79. The molecule has 2 unspecified atom stereocenters. The number of hydrogen-bond acceptors (Lipinski definition) is 3. The molecular weight excluding hydrogens is 444 g/mol. The third kappa shape index (κ3) is 4.17. The first kappa shape index (κ1) is 22.5. The number of nitrogens with one attached hydrogen (secondary N) is 1. The van der Waals surface area contributed by atoms with Crippen LogP contribution in [0, 0.1) is 0 Å². The van der Waals surface area contributed by atoms with Gasteiger partial charge in [-0.25, -0.2) is 9.50 Å². The Morgan fingerprint density at radius 3 is 2.53 bits per heavy atom. The van der Waals surface area contributed by atoms with Gasteiger partial charge in [-0.15, -0.1) is 0 Å². The number of imidazole rings is 1. The van der Waals surface area contributed by atoms with E-state index in [1.54, 1.807) is 0 Å². The SMILES string of the molecule is CC(C)c1ccc2[nH]c(CC(C)c3ccc4cnn(CC(C)c5ccc6ccnn6c5)c4c3)nc2c1. The molecule has 0 saturated carbocycles. The second-order valence-electron chi connectivity index (χ2n) is 10.4. The van der Waals surface area contributed by atoms with Gasteiger partial charge in [0.15, 0.2) is 0 Å². The molecule has 0 saturated heterocycles. The maximum atomic E-state index is 4.90. The third-order valence-corrected chi connectivity index (χ3v) is 7.39. The standard InChI is InChI=1S/C30H32N6/c1-19(2)22-8-10-27-28(14-22)34-30(33-27)13-20(3)23-5-6-24-16-32-36(29(24)15-23)17-21(4)25-7-9-26-11-12-31-35(26)18-25/h5-12,14-16,18-21H,13,17H2,1-4H3,(H,33,34). The van der Waals surface area contributed by atoms with E-state index in [9.17, 15) is 0 Å². The first-order valence-electron chi connectivity index (χ1n) is 12.8. The van der Waals surface area contributed by atoms with Crippen molar-refractivity contribution < 1.29 is 0 Å². The topological polar surface area (TPSA) is 63.8 Å². The molecule has 1 N–H and O–H groups in total. The van der Waals surface area contributed by atoms with Crippen LogP contribution in [0.1, 0.15) is 68.0 Å². The number of rotatable bonds is 7. The van der Waals surface area contributed by atoms with Gasteiger partial charge >= 0.3 is 0 Å². The Kier molecular flexibility index (Phi) is 5.59. The van der Waals surface area contributed by atoms with Gasteiger partial charge in [0, 0.05) is 36.7 Å². The lowest BCUT2D eigenvalue weighted by Gasteiger charge is -2.15. The highest BCUT2D eigenvalue weighted by molar-refractivity contribution is 5.79. The monoisotopic (exact) mass is 476 g/mol. The van der Waals surface area contributed by atoms with Crippen LogP contribution in [0.25, 0.3) is 27.5 Å². The Labute approximate surface area is 211 Å². The Morgan fingerprint density at radius 1 is 0.833 bits per heavy atom. The van der Waals surface area contributed by atoms with Crippen molar-refractivity contribution in [3.05, 3.63) is 95.7 Å². The molecule has 0 aliphatic heterocycles. The molecule has 6 nitrogen and oxygen atoms in total. The molecule has 0 aliphatic carbocycles. The highest BCUT2D eigenvalue weighted by atomic mass is 15.3. The lowest BCUT2D eigenvalue weighted by Crippen LogP contribution is -2.09. The van der Waals surface area contributed by atoms with Crippen molar-refractivity contribution in [1.82, 2.24) is 29.4 Å². The maximum Gasteiger partial charge on any atom is 0.107 e. The molecule has 6 rings (SSSR count). The predicted molar refractivity (Wildman–Crippen MR) is 146 cm³/mol. The summed E-state index contributed by atoms with van der Waals surface area (Å²) in [7, 11) is 0. The smallest absolute Gasteiger partial charge is 0.107 e. The fourth-order valence-corrected chi connectivity index (χ4v) is 5.07. The zero-order valence-corrected chi connectivity index (χ0v) is 21.3. The Bertz CT molecular complexity index is 1670. The first-order chi connectivity index (χ1) is 17.4. The fraction of sp³-hybridized carbons (Fsp3) is 0.300. The van der Waals surface area contributed by atoms with Crippen LogP contribution in [0.2, 0.25) is 0 Å². The second kappa shape index (κ2) is 8.94. The quantitative estimate of drug-likeness (QED) is 0.274. The van der Waals surface area contributed by atoms with E-state index in [4.69, 9.17) is 10.1 Å². The summed E-state index contributed by atoms with van der Waals surface area (Å²) >= 11 is 0. The van der Waals surface area contributed by atoms with Gasteiger partial charge in [0.25, 0.3) is 0 Å². The van der Waals surface area contributed by atoms with Gasteiger partial charge in [-0.3, -0.25) is 4.68 Å². The van der Waals surface area contributed by atoms with Crippen LogP contribution < -0.4 is 0 Å². The van der Waals surface area contributed by atoms with Gasteiger partial charge in [-0.05, 0) is 58.9 Å². The highest BCUT2D eigenvalue weighted by Gasteiger charge is 2.15. The number of hydrogen-bond donors (Lipinski definition) is 1. The number of aromatic amines is 1. The molecule has 4 heterocycles. The van der Waals surface area contributed by atoms with Crippen LogP contribution in [0.4, 0.5) is 0 Å². The van der Waals surface area contributed by atoms with Crippen LogP contribution in [0.5, 0.6) is 0 Å². The molecule has 182 valence electrons. The summed E-state index contributed by atoms with van der Waals surface area (Å²) in [5.41, 5.74) is 8.34. The Balaban J connectivity index is 1.23. The lowest BCUT2D eigenvalue weighted by atomic mass is 9.96.